The highest BCUT2D eigenvalue weighted by molar-refractivity contribution is 5.91. The van der Waals surface area contributed by atoms with Gasteiger partial charge in [0.25, 0.3) is 0 Å². The fraction of sp³-hybridized carbons (Fsp3) is 0.679. The minimum absolute atomic E-state index is 0.201. The van der Waals surface area contributed by atoms with E-state index in [0.717, 1.165) is 37.7 Å². The first kappa shape index (κ1) is 30.5. The number of benzene rings is 1. The summed E-state index contributed by atoms with van der Waals surface area (Å²) < 4.78 is 5.33. The molecule has 2 unspecified atom stereocenters. The first-order chi connectivity index (χ1) is 16.6. The van der Waals surface area contributed by atoms with Crippen LogP contribution in [0.2, 0.25) is 0 Å². The molecule has 1 rings (SSSR count). The summed E-state index contributed by atoms with van der Waals surface area (Å²) in [4.78, 5) is 40.9. The summed E-state index contributed by atoms with van der Waals surface area (Å²) in [6, 6.07) is 7.78. The lowest BCUT2D eigenvalue weighted by Gasteiger charge is -2.33. The minimum atomic E-state index is -0.834. The fourth-order valence-electron chi connectivity index (χ4n) is 3.82. The van der Waals surface area contributed by atoms with Crippen LogP contribution in [0.3, 0.4) is 0 Å². The van der Waals surface area contributed by atoms with Crippen LogP contribution in [-0.4, -0.2) is 47.5 Å². The Morgan fingerprint density at radius 3 is 2.11 bits per heavy atom. The van der Waals surface area contributed by atoms with Gasteiger partial charge in [0, 0.05) is 13.1 Å². The Morgan fingerprint density at radius 2 is 1.51 bits per heavy atom. The second kappa shape index (κ2) is 16.2. The Bertz CT molecular complexity index is 761. The van der Waals surface area contributed by atoms with Gasteiger partial charge in [0.05, 0.1) is 0 Å². The summed E-state index contributed by atoms with van der Waals surface area (Å²) in [5.74, 6) is -0.502. The van der Waals surface area contributed by atoms with Gasteiger partial charge in [-0.1, -0.05) is 82.7 Å². The van der Waals surface area contributed by atoms with Crippen molar-refractivity contribution in [2.75, 3.05) is 13.1 Å². The zero-order valence-corrected chi connectivity index (χ0v) is 22.7. The molecule has 0 spiro atoms. The van der Waals surface area contributed by atoms with E-state index in [9.17, 15) is 14.4 Å². The Kier molecular flexibility index (Phi) is 14.1. The first-order valence-corrected chi connectivity index (χ1v) is 13.2. The molecule has 0 saturated carbocycles. The third-order valence-corrected chi connectivity index (χ3v) is 5.64. The predicted molar refractivity (Wildman–Crippen MR) is 141 cm³/mol. The zero-order valence-electron chi connectivity index (χ0n) is 22.7. The van der Waals surface area contributed by atoms with Crippen LogP contribution in [0.15, 0.2) is 30.3 Å². The van der Waals surface area contributed by atoms with Gasteiger partial charge in [-0.3, -0.25) is 9.59 Å². The molecule has 0 bridgehead atoms. The molecule has 35 heavy (non-hydrogen) atoms. The molecule has 0 radical (unpaired) electrons. The molecule has 0 aromatic heterocycles. The molecule has 1 aromatic carbocycles. The topological polar surface area (TPSA) is 87.7 Å². The van der Waals surface area contributed by atoms with E-state index in [1.807, 2.05) is 30.3 Å². The number of carbonyl (C=O) groups excluding carboxylic acids is 3. The molecule has 198 valence electrons. The third-order valence-electron chi connectivity index (χ3n) is 5.64. The lowest BCUT2D eigenvalue weighted by atomic mass is 10.0. The number of amides is 3. The summed E-state index contributed by atoms with van der Waals surface area (Å²) in [6.45, 7) is 12.2. The lowest BCUT2D eigenvalue weighted by Crippen LogP contribution is -2.52. The molecule has 0 aliphatic heterocycles. The standard InChI is InChI=1S/C28H47N3O4/c1-7-9-11-12-13-17-21-31(26(33)22(3)30-27(34)35-28(4,5)6)24(23-18-15-14-16-19-23)25(32)29-20-10-8-2/h14-16,18-19,22,24H,7-13,17,20-21H2,1-6H3,(H,29,32)(H,30,34). The Labute approximate surface area is 212 Å². The molecule has 3 amide bonds. The van der Waals surface area contributed by atoms with Crippen molar-refractivity contribution in [3.05, 3.63) is 35.9 Å². The van der Waals surface area contributed by atoms with Crippen LogP contribution < -0.4 is 10.6 Å². The highest BCUT2D eigenvalue weighted by atomic mass is 16.6. The van der Waals surface area contributed by atoms with Crippen LogP contribution in [0.4, 0.5) is 4.79 Å². The molecule has 1 aromatic rings. The second-order valence-electron chi connectivity index (χ2n) is 10.1. The average Bonchev–Trinajstić information content (AvgIpc) is 2.79. The van der Waals surface area contributed by atoms with Crippen LogP contribution in [0.5, 0.6) is 0 Å². The molecule has 0 fully saturated rings. The molecule has 0 aliphatic carbocycles. The SMILES string of the molecule is CCCCCCCCN(C(=O)C(C)NC(=O)OC(C)(C)C)C(C(=O)NCCCC)c1ccccc1. The molecule has 2 atom stereocenters. The number of ether oxygens (including phenoxy) is 1. The van der Waals surface area contributed by atoms with Crippen molar-refractivity contribution in [1.82, 2.24) is 15.5 Å². The molecule has 2 N–H and O–H groups in total. The first-order valence-electron chi connectivity index (χ1n) is 13.2. The molecule has 0 heterocycles. The number of alkyl carbamates (subject to hydrolysis) is 1. The summed E-state index contributed by atoms with van der Waals surface area (Å²) in [7, 11) is 0. The van der Waals surface area contributed by atoms with E-state index in [4.69, 9.17) is 4.74 Å². The van der Waals surface area contributed by atoms with Gasteiger partial charge in [0.1, 0.15) is 17.7 Å². The van der Waals surface area contributed by atoms with Crippen molar-refractivity contribution in [1.29, 1.82) is 0 Å². The van der Waals surface area contributed by atoms with E-state index in [1.54, 1.807) is 32.6 Å². The van der Waals surface area contributed by atoms with E-state index in [2.05, 4.69) is 24.5 Å². The summed E-state index contributed by atoms with van der Waals surface area (Å²) >= 11 is 0. The maximum Gasteiger partial charge on any atom is 0.408 e. The van der Waals surface area contributed by atoms with Crippen LogP contribution in [0.1, 0.15) is 105 Å². The number of unbranched alkanes of at least 4 members (excludes halogenated alkanes) is 6. The average molecular weight is 490 g/mol. The van der Waals surface area contributed by atoms with E-state index in [1.165, 1.54) is 19.3 Å². The number of nitrogens with one attached hydrogen (secondary N) is 2. The van der Waals surface area contributed by atoms with Crippen LogP contribution in [-0.2, 0) is 14.3 Å². The van der Waals surface area contributed by atoms with E-state index < -0.39 is 23.8 Å². The van der Waals surface area contributed by atoms with Crippen molar-refractivity contribution < 1.29 is 19.1 Å². The highest BCUT2D eigenvalue weighted by Gasteiger charge is 2.34. The zero-order chi connectivity index (χ0) is 26.3. The van der Waals surface area contributed by atoms with Crippen molar-refractivity contribution in [2.45, 2.75) is 111 Å². The van der Waals surface area contributed by atoms with Gasteiger partial charge in [0.15, 0.2) is 0 Å². The van der Waals surface area contributed by atoms with E-state index in [-0.39, 0.29) is 11.8 Å². The maximum absolute atomic E-state index is 13.6. The fourth-order valence-corrected chi connectivity index (χ4v) is 3.82. The van der Waals surface area contributed by atoms with E-state index >= 15 is 0 Å². The van der Waals surface area contributed by atoms with Gasteiger partial charge in [-0.15, -0.1) is 0 Å². The summed E-state index contributed by atoms with van der Waals surface area (Å²) in [5.41, 5.74) is 0.0850. The largest absolute Gasteiger partial charge is 0.444 e. The second-order valence-corrected chi connectivity index (χ2v) is 10.1. The minimum Gasteiger partial charge on any atom is -0.444 e. The number of rotatable bonds is 15. The lowest BCUT2D eigenvalue weighted by molar-refractivity contribution is -0.142. The molecule has 0 aliphatic rings. The predicted octanol–water partition coefficient (Wildman–Crippen LogP) is 5.75. The number of nitrogens with zero attached hydrogens (tertiary/aromatic N) is 1. The van der Waals surface area contributed by atoms with Crippen molar-refractivity contribution >= 4 is 17.9 Å². The molecule has 0 saturated heterocycles. The molecule has 7 heteroatoms. The quantitative estimate of drug-likeness (QED) is 0.307. The Hall–Kier alpha value is -2.57. The van der Waals surface area contributed by atoms with Gasteiger partial charge in [-0.2, -0.15) is 0 Å². The van der Waals surface area contributed by atoms with Gasteiger partial charge < -0.3 is 20.3 Å². The maximum atomic E-state index is 13.6. The smallest absolute Gasteiger partial charge is 0.408 e. The summed E-state index contributed by atoms with van der Waals surface area (Å²) in [5, 5.41) is 5.65. The van der Waals surface area contributed by atoms with Gasteiger partial charge >= 0.3 is 6.09 Å². The number of hydrogen-bond donors (Lipinski definition) is 2. The third kappa shape index (κ3) is 12.1. The van der Waals surface area contributed by atoms with Crippen LogP contribution in [0, 0.1) is 0 Å². The molecular formula is C28H47N3O4. The normalized spacial score (nSPS) is 13.0. The Balaban J connectivity index is 3.13. The van der Waals surface area contributed by atoms with Gasteiger partial charge in [-0.25, -0.2) is 4.79 Å². The summed E-state index contributed by atoms with van der Waals surface area (Å²) in [6.07, 6.45) is 7.60. The monoisotopic (exact) mass is 489 g/mol. The molecule has 7 nitrogen and oxygen atoms in total. The van der Waals surface area contributed by atoms with Crippen LogP contribution >= 0.6 is 0 Å². The van der Waals surface area contributed by atoms with Crippen LogP contribution in [0.25, 0.3) is 0 Å². The van der Waals surface area contributed by atoms with Gasteiger partial charge in [0.2, 0.25) is 11.8 Å². The van der Waals surface area contributed by atoms with Crippen molar-refractivity contribution in [2.24, 2.45) is 0 Å². The van der Waals surface area contributed by atoms with Crippen molar-refractivity contribution in [3.63, 3.8) is 0 Å². The number of hydrogen-bond acceptors (Lipinski definition) is 4. The Morgan fingerprint density at radius 1 is 0.914 bits per heavy atom. The van der Waals surface area contributed by atoms with Gasteiger partial charge in [-0.05, 0) is 46.1 Å². The molecular weight excluding hydrogens is 442 g/mol. The number of carbonyl (C=O) groups is 3. The highest BCUT2D eigenvalue weighted by Crippen LogP contribution is 2.23. The van der Waals surface area contributed by atoms with Crippen molar-refractivity contribution in [3.8, 4) is 0 Å². The van der Waals surface area contributed by atoms with E-state index in [0.29, 0.717) is 13.1 Å².